The van der Waals surface area contributed by atoms with Crippen LogP contribution in [-0.4, -0.2) is 60.8 Å². The number of ether oxygens (including phenoxy) is 1. The highest BCUT2D eigenvalue weighted by atomic mass is 16.5. The van der Waals surface area contributed by atoms with Gasteiger partial charge >= 0.3 is 0 Å². The van der Waals surface area contributed by atoms with Crippen molar-refractivity contribution in [3.63, 3.8) is 0 Å². The summed E-state index contributed by atoms with van der Waals surface area (Å²) in [6.07, 6.45) is 3.92. The van der Waals surface area contributed by atoms with Gasteiger partial charge in [0.25, 0.3) is 0 Å². The zero-order chi connectivity index (χ0) is 23.5. The van der Waals surface area contributed by atoms with Crippen LogP contribution in [0.25, 0.3) is 22.2 Å². The Morgan fingerprint density at radius 1 is 1.12 bits per heavy atom. The Bertz CT molecular complexity index is 1270. The van der Waals surface area contributed by atoms with E-state index in [1.165, 1.54) is 0 Å². The number of para-hydroxylation sites is 1. The molecule has 4 aromatic rings. The average molecular weight is 446 g/mol. The molecule has 0 aliphatic rings. The Hall–Kier alpha value is -3.78. The van der Waals surface area contributed by atoms with Crippen molar-refractivity contribution < 1.29 is 4.74 Å². The van der Waals surface area contributed by atoms with Gasteiger partial charge in [-0.3, -0.25) is 0 Å². The lowest BCUT2D eigenvalue weighted by atomic mass is 10.1. The summed E-state index contributed by atoms with van der Waals surface area (Å²) < 4.78 is 7.84. The van der Waals surface area contributed by atoms with Crippen molar-refractivity contribution in [1.82, 2.24) is 19.4 Å². The normalized spacial score (nSPS) is 11.2. The van der Waals surface area contributed by atoms with E-state index in [0.29, 0.717) is 23.9 Å². The summed E-state index contributed by atoms with van der Waals surface area (Å²) in [6.45, 7) is 1.47. The highest BCUT2D eigenvalue weighted by Gasteiger charge is 2.20. The van der Waals surface area contributed by atoms with Crippen LogP contribution in [-0.2, 0) is 7.05 Å². The largest absolute Gasteiger partial charge is 0.494 e. The van der Waals surface area contributed by atoms with E-state index < -0.39 is 0 Å². The van der Waals surface area contributed by atoms with Crippen molar-refractivity contribution in [2.75, 3.05) is 57.3 Å². The van der Waals surface area contributed by atoms with E-state index >= 15 is 0 Å². The molecule has 8 nitrogen and oxygen atoms in total. The molecule has 3 N–H and O–H groups in total. The highest BCUT2D eigenvalue weighted by molar-refractivity contribution is 5.95. The van der Waals surface area contributed by atoms with E-state index in [2.05, 4.69) is 43.0 Å². The van der Waals surface area contributed by atoms with E-state index in [9.17, 15) is 0 Å². The Morgan fingerprint density at radius 2 is 1.91 bits per heavy atom. The van der Waals surface area contributed by atoms with Gasteiger partial charge in [0.05, 0.1) is 29.9 Å². The monoisotopic (exact) mass is 445 g/mol. The minimum atomic E-state index is 0.595. The molecule has 2 aromatic heterocycles. The fourth-order valence-electron chi connectivity index (χ4n) is 3.98. The smallest absolute Gasteiger partial charge is 0.230 e. The molecule has 2 aromatic carbocycles. The van der Waals surface area contributed by atoms with Crippen molar-refractivity contribution in [3.8, 4) is 17.0 Å². The van der Waals surface area contributed by atoms with Crippen molar-refractivity contribution >= 4 is 33.9 Å². The average Bonchev–Trinajstić information content (AvgIpc) is 3.16. The molecule has 2 heterocycles. The predicted molar refractivity (Wildman–Crippen MR) is 136 cm³/mol. The van der Waals surface area contributed by atoms with Crippen molar-refractivity contribution in [2.45, 2.75) is 0 Å². The Labute approximate surface area is 194 Å². The minimum Gasteiger partial charge on any atom is -0.494 e. The third kappa shape index (κ3) is 4.42. The fraction of sp³-hybridized carbons (Fsp3) is 0.280. The first-order chi connectivity index (χ1) is 15.9. The molecule has 0 radical (unpaired) electrons. The van der Waals surface area contributed by atoms with E-state index in [-0.39, 0.29) is 0 Å². The highest BCUT2D eigenvalue weighted by Crippen LogP contribution is 2.38. The van der Waals surface area contributed by atoms with Gasteiger partial charge in [-0.15, -0.1) is 0 Å². The first-order valence-corrected chi connectivity index (χ1v) is 10.9. The maximum atomic E-state index is 6.31. The number of fused-ring (bicyclic) bond motifs is 1. The van der Waals surface area contributed by atoms with Crippen LogP contribution >= 0.6 is 0 Å². The van der Waals surface area contributed by atoms with Crippen LogP contribution < -0.4 is 20.7 Å². The van der Waals surface area contributed by atoms with Crippen LogP contribution in [0.15, 0.2) is 54.9 Å². The summed E-state index contributed by atoms with van der Waals surface area (Å²) in [7, 11) is 9.63. The van der Waals surface area contributed by atoms with Crippen LogP contribution in [0.2, 0.25) is 0 Å². The molecule has 4 rings (SSSR count). The SMILES string of the molecule is CNc1cc(OC)c(N(CCN(C)C)c2nccc(-c3cn(C)c4ccccc34)n2)cc1N. The number of aromatic nitrogens is 3. The Balaban J connectivity index is 1.83. The third-order valence-corrected chi connectivity index (χ3v) is 5.74. The standard InChI is InChI=1S/C25H31N7O/c1-27-21-15-24(33-5)23(14-19(21)26)32(13-12-30(2)3)25-28-11-10-20(29-25)18-16-31(4)22-9-7-6-8-17(18)22/h6-11,14-16,27H,12-13,26H2,1-5H3. The molecule has 0 unspecified atom stereocenters. The van der Waals surface area contributed by atoms with Crippen LogP contribution in [0, 0.1) is 0 Å². The molecule has 0 aliphatic carbocycles. The minimum absolute atomic E-state index is 0.595. The van der Waals surface area contributed by atoms with Gasteiger partial charge in [0.15, 0.2) is 0 Å². The maximum Gasteiger partial charge on any atom is 0.230 e. The molecule has 0 saturated heterocycles. The number of rotatable bonds is 8. The van der Waals surface area contributed by atoms with Crippen LogP contribution in [0.1, 0.15) is 0 Å². The second-order valence-electron chi connectivity index (χ2n) is 8.23. The molecule has 0 atom stereocenters. The number of nitrogens with two attached hydrogens (primary N) is 1. The molecule has 0 bridgehead atoms. The van der Waals surface area contributed by atoms with E-state index in [1.807, 2.05) is 58.5 Å². The second kappa shape index (κ2) is 9.38. The van der Waals surface area contributed by atoms with Crippen LogP contribution in [0.4, 0.5) is 23.0 Å². The number of nitrogens with one attached hydrogen (secondary N) is 1. The maximum absolute atomic E-state index is 6.31. The summed E-state index contributed by atoms with van der Waals surface area (Å²) in [6, 6.07) is 14.1. The molecule has 0 spiro atoms. The number of hydrogen-bond donors (Lipinski definition) is 2. The van der Waals surface area contributed by atoms with Crippen LogP contribution in [0.5, 0.6) is 5.75 Å². The Morgan fingerprint density at radius 3 is 2.64 bits per heavy atom. The lowest BCUT2D eigenvalue weighted by Gasteiger charge is -2.27. The first-order valence-electron chi connectivity index (χ1n) is 10.9. The number of anilines is 4. The van der Waals surface area contributed by atoms with Crippen molar-refractivity contribution in [3.05, 3.63) is 54.9 Å². The van der Waals surface area contributed by atoms with Gasteiger partial charge in [-0.1, -0.05) is 18.2 Å². The summed E-state index contributed by atoms with van der Waals surface area (Å²) >= 11 is 0. The van der Waals surface area contributed by atoms with Gasteiger partial charge in [0.1, 0.15) is 5.75 Å². The quantitative estimate of drug-likeness (QED) is 0.397. The summed E-state index contributed by atoms with van der Waals surface area (Å²) in [4.78, 5) is 13.8. The molecular formula is C25H31N7O. The summed E-state index contributed by atoms with van der Waals surface area (Å²) in [5.74, 6) is 1.30. The number of benzene rings is 2. The number of nitrogen functional groups attached to an aromatic ring is 1. The van der Waals surface area contributed by atoms with E-state index in [4.69, 9.17) is 15.5 Å². The molecule has 0 fully saturated rings. The third-order valence-electron chi connectivity index (χ3n) is 5.74. The molecule has 8 heteroatoms. The number of hydrogen-bond acceptors (Lipinski definition) is 7. The zero-order valence-corrected chi connectivity index (χ0v) is 19.8. The summed E-state index contributed by atoms with van der Waals surface area (Å²) in [5, 5.41) is 4.27. The molecule has 172 valence electrons. The van der Waals surface area contributed by atoms with Crippen molar-refractivity contribution in [2.24, 2.45) is 7.05 Å². The molecule has 0 aliphatic heterocycles. The van der Waals surface area contributed by atoms with Crippen molar-refractivity contribution in [1.29, 1.82) is 0 Å². The van der Waals surface area contributed by atoms with Gasteiger partial charge in [0, 0.05) is 62.1 Å². The first kappa shape index (κ1) is 22.4. The molecular weight excluding hydrogens is 414 g/mol. The van der Waals surface area contributed by atoms with E-state index in [1.54, 1.807) is 13.3 Å². The van der Waals surface area contributed by atoms with Gasteiger partial charge in [-0.25, -0.2) is 9.97 Å². The lowest BCUT2D eigenvalue weighted by Crippen LogP contribution is -2.30. The molecule has 0 saturated carbocycles. The second-order valence-corrected chi connectivity index (χ2v) is 8.23. The molecule has 0 amide bonds. The van der Waals surface area contributed by atoms with Gasteiger partial charge in [-0.2, -0.15) is 0 Å². The molecule has 33 heavy (non-hydrogen) atoms. The topological polar surface area (TPSA) is 84.5 Å². The van der Waals surface area contributed by atoms with Gasteiger partial charge in [-0.05, 0) is 32.3 Å². The van der Waals surface area contributed by atoms with Crippen LogP contribution in [0.3, 0.4) is 0 Å². The zero-order valence-electron chi connectivity index (χ0n) is 19.8. The lowest BCUT2D eigenvalue weighted by molar-refractivity contribution is 0.407. The predicted octanol–water partition coefficient (Wildman–Crippen LogP) is 3.97. The number of methoxy groups -OCH3 is 1. The number of aryl methyl sites for hydroxylation is 1. The Kier molecular flexibility index (Phi) is 6.37. The fourth-order valence-corrected chi connectivity index (χ4v) is 3.98. The summed E-state index contributed by atoms with van der Waals surface area (Å²) in [5.41, 5.74) is 11.7. The number of nitrogens with zero attached hydrogens (tertiary/aromatic N) is 5. The number of likely N-dealkylation sites (N-methyl/N-ethyl adjacent to an activating group) is 1. The van der Waals surface area contributed by atoms with Gasteiger partial charge < -0.3 is 30.2 Å². The van der Waals surface area contributed by atoms with Gasteiger partial charge in [0.2, 0.25) is 5.95 Å². The van der Waals surface area contributed by atoms with E-state index in [0.717, 1.165) is 40.1 Å².